The molecule has 0 heterocycles. The van der Waals surface area contributed by atoms with Crippen molar-refractivity contribution < 1.29 is 14.6 Å². The minimum Gasteiger partial charge on any atom is -0.508 e. The van der Waals surface area contributed by atoms with E-state index in [1.165, 1.54) is 0 Å². The summed E-state index contributed by atoms with van der Waals surface area (Å²) in [5.41, 5.74) is 2.80. The molecule has 2 rings (SSSR count). The number of hydrogen-bond acceptors (Lipinski definition) is 4. The van der Waals surface area contributed by atoms with Crippen LogP contribution in [0.3, 0.4) is 0 Å². The molecule has 0 fully saturated rings. The van der Waals surface area contributed by atoms with Gasteiger partial charge in [-0.3, -0.25) is 0 Å². The van der Waals surface area contributed by atoms with E-state index < -0.39 is 0 Å². The Balaban J connectivity index is 2.15. The molecule has 2 aromatic carbocycles. The molecule has 0 aromatic heterocycles. The van der Waals surface area contributed by atoms with Crippen molar-refractivity contribution in [3.05, 3.63) is 47.5 Å². The van der Waals surface area contributed by atoms with E-state index in [1.54, 1.807) is 20.3 Å². The van der Waals surface area contributed by atoms with Gasteiger partial charge in [0, 0.05) is 17.8 Å². The van der Waals surface area contributed by atoms with Gasteiger partial charge < -0.3 is 19.9 Å². The van der Waals surface area contributed by atoms with Gasteiger partial charge in [0.05, 0.1) is 14.2 Å². The van der Waals surface area contributed by atoms with Crippen molar-refractivity contribution in [2.45, 2.75) is 13.5 Å². The largest absolute Gasteiger partial charge is 0.508 e. The number of anilines is 1. The highest BCUT2D eigenvalue weighted by molar-refractivity contribution is 5.51. The standard InChI is InChI=1S/C16H19NO3/c1-11-8-13(4-6-15(11)18)17-10-12-9-14(19-2)5-7-16(12)20-3/h4-9,17-18H,10H2,1-3H3. The van der Waals surface area contributed by atoms with Crippen LogP contribution >= 0.6 is 0 Å². The van der Waals surface area contributed by atoms with E-state index in [2.05, 4.69) is 5.32 Å². The van der Waals surface area contributed by atoms with Crippen molar-refractivity contribution in [3.63, 3.8) is 0 Å². The van der Waals surface area contributed by atoms with Gasteiger partial charge in [-0.1, -0.05) is 0 Å². The lowest BCUT2D eigenvalue weighted by Gasteiger charge is -2.12. The molecular formula is C16H19NO3. The number of methoxy groups -OCH3 is 2. The summed E-state index contributed by atoms with van der Waals surface area (Å²) >= 11 is 0. The maximum Gasteiger partial charge on any atom is 0.124 e. The fraction of sp³-hybridized carbons (Fsp3) is 0.250. The Kier molecular flexibility index (Phi) is 4.35. The van der Waals surface area contributed by atoms with Crippen molar-refractivity contribution in [1.29, 1.82) is 0 Å². The lowest BCUT2D eigenvalue weighted by atomic mass is 10.1. The van der Waals surface area contributed by atoms with Crippen LogP contribution in [0.2, 0.25) is 0 Å². The van der Waals surface area contributed by atoms with E-state index in [0.29, 0.717) is 12.3 Å². The van der Waals surface area contributed by atoms with Crippen LogP contribution in [0.25, 0.3) is 0 Å². The summed E-state index contributed by atoms with van der Waals surface area (Å²) in [5, 5.41) is 12.8. The molecule has 0 aliphatic rings. The number of benzene rings is 2. The quantitative estimate of drug-likeness (QED) is 0.820. The summed E-state index contributed by atoms with van der Waals surface area (Å²) in [6.45, 7) is 2.48. The Bertz CT molecular complexity index is 596. The highest BCUT2D eigenvalue weighted by Gasteiger charge is 2.05. The SMILES string of the molecule is COc1ccc(OC)c(CNc2ccc(O)c(C)c2)c1. The minimum absolute atomic E-state index is 0.300. The van der Waals surface area contributed by atoms with Crippen molar-refractivity contribution in [1.82, 2.24) is 0 Å². The van der Waals surface area contributed by atoms with Crippen LogP contribution < -0.4 is 14.8 Å². The second-order valence-electron chi connectivity index (χ2n) is 4.53. The van der Waals surface area contributed by atoms with E-state index in [4.69, 9.17) is 9.47 Å². The Hall–Kier alpha value is -2.36. The summed E-state index contributed by atoms with van der Waals surface area (Å²) in [6.07, 6.45) is 0. The van der Waals surface area contributed by atoms with Gasteiger partial charge in [0.2, 0.25) is 0 Å². The highest BCUT2D eigenvalue weighted by atomic mass is 16.5. The maximum atomic E-state index is 9.52. The third kappa shape index (κ3) is 3.15. The van der Waals surface area contributed by atoms with E-state index >= 15 is 0 Å². The van der Waals surface area contributed by atoms with Crippen LogP contribution in [0, 0.1) is 6.92 Å². The summed E-state index contributed by atoms with van der Waals surface area (Å²) in [7, 11) is 3.29. The number of phenolic OH excluding ortho intramolecular Hbond substituents is 1. The lowest BCUT2D eigenvalue weighted by Crippen LogP contribution is -2.02. The van der Waals surface area contributed by atoms with Gasteiger partial charge in [-0.15, -0.1) is 0 Å². The Morgan fingerprint density at radius 1 is 1.05 bits per heavy atom. The first-order valence-corrected chi connectivity index (χ1v) is 6.38. The minimum atomic E-state index is 0.300. The fourth-order valence-corrected chi connectivity index (χ4v) is 1.98. The van der Waals surface area contributed by atoms with Crippen molar-refractivity contribution in [2.75, 3.05) is 19.5 Å². The second kappa shape index (κ2) is 6.19. The molecule has 2 N–H and O–H groups in total. The molecule has 0 aliphatic heterocycles. The Morgan fingerprint density at radius 3 is 2.50 bits per heavy atom. The molecule has 0 spiro atoms. The molecule has 0 amide bonds. The predicted molar refractivity (Wildman–Crippen MR) is 79.7 cm³/mol. The first-order chi connectivity index (χ1) is 9.63. The first-order valence-electron chi connectivity index (χ1n) is 6.38. The molecule has 0 radical (unpaired) electrons. The zero-order valence-electron chi connectivity index (χ0n) is 11.9. The number of ether oxygens (including phenoxy) is 2. The summed E-state index contributed by atoms with van der Waals surface area (Å²) in [5.74, 6) is 1.91. The second-order valence-corrected chi connectivity index (χ2v) is 4.53. The van der Waals surface area contributed by atoms with Crippen molar-refractivity contribution >= 4 is 5.69 Å². The van der Waals surface area contributed by atoms with Crippen LogP contribution in [-0.2, 0) is 6.54 Å². The number of aryl methyl sites for hydroxylation is 1. The van der Waals surface area contributed by atoms with E-state index in [0.717, 1.165) is 28.3 Å². The van der Waals surface area contributed by atoms with Crippen LogP contribution in [0.4, 0.5) is 5.69 Å². The number of hydrogen-bond donors (Lipinski definition) is 2. The normalized spacial score (nSPS) is 10.2. The number of rotatable bonds is 5. The lowest BCUT2D eigenvalue weighted by molar-refractivity contribution is 0.399. The molecule has 0 aliphatic carbocycles. The zero-order chi connectivity index (χ0) is 14.5. The van der Waals surface area contributed by atoms with E-state index in [9.17, 15) is 5.11 Å². The van der Waals surface area contributed by atoms with Crippen LogP contribution in [-0.4, -0.2) is 19.3 Å². The van der Waals surface area contributed by atoms with Crippen molar-refractivity contribution in [2.24, 2.45) is 0 Å². The smallest absolute Gasteiger partial charge is 0.124 e. The highest BCUT2D eigenvalue weighted by Crippen LogP contribution is 2.26. The average molecular weight is 273 g/mol. The van der Waals surface area contributed by atoms with Gasteiger partial charge in [-0.05, 0) is 48.9 Å². The van der Waals surface area contributed by atoms with Crippen LogP contribution in [0.1, 0.15) is 11.1 Å². The Labute approximate surface area is 119 Å². The molecule has 0 saturated heterocycles. The molecule has 20 heavy (non-hydrogen) atoms. The maximum absolute atomic E-state index is 9.52. The Morgan fingerprint density at radius 2 is 1.85 bits per heavy atom. The number of phenols is 1. The van der Waals surface area contributed by atoms with Gasteiger partial charge in [-0.2, -0.15) is 0 Å². The average Bonchev–Trinajstić information content (AvgIpc) is 2.48. The number of nitrogens with one attached hydrogen (secondary N) is 1. The first kappa shape index (κ1) is 14.1. The summed E-state index contributed by atoms with van der Waals surface area (Å²) in [6, 6.07) is 11.1. The molecule has 106 valence electrons. The molecule has 4 heteroatoms. The topological polar surface area (TPSA) is 50.7 Å². The summed E-state index contributed by atoms with van der Waals surface area (Å²) in [4.78, 5) is 0. The molecule has 4 nitrogen and oxygen atoms in total. The van der Waals surface area contributed by atoms with Gasteiger partial charge in [0.25, 0.3) is 0 Å². The molecule has 0 unspecified atom stereocenters. The molecule has 0 bridgehead atoms. The zero-order valence-corrected chi connectivity index (χ0v) is 11.9. The molecular weight excluding hydrogens is 254 g/mol. The van der Waals surface area contributed by atoms with Gasteiger partial charge in [0.15, 0.2) is 0 Å². The molecule has 0 saturated carbocycles. The van der Waals surface area contributed by atoms with Gasteiger partial charge in [-0.25, -0.2) is 0 Å². The monoisotopic (exact) mass is 273 g/mol. The van der Waals surface area contributed by atoms with E-state index in [-0.39, 0.29) is 0 Å². The summed E-state index contributed by atoms with van der Waals surface area (Å²) < 4.78 is 10.6. The predicted octanol–water partition coefficient (Wildman–Crippen LogP) is 3.33. The van der Waals surface area contributed by atoms with Crippen molar-refractivity contribution in [3.8, 4) is 17.2 Å². The molecule has 2 aromatic rings. The van der Waals surface area contributed by atoms with Gasteiger partial charge in [0.1, 0.15) is 17.2 Å². The fourth-order valence-electron chi connectivity index (χ4n) is 1.98. The van der Waals surface area contributed by atoms with Crippen LogP contribution in [0.15, 0.2) is 36.4 Å². The third-order valence-corrected chi connectivity index (χ3v) is 3.17. The molecule has 0 atom stereocenters. The third-order valence-electron chi connectivity index (χ3n) is 3.17. The number of aromatic hydroxyl groups is 1. The van der Waals surface area contributed by atoms with Crippen LogP contribution in [0.5, 0.6) is 17.2 Å². The van der Waals surface area contributed by atoms with Gasteiger partial charge >= 0.3 is 0 Å². The van der Waals surface area contributed by atoms with E-state index in [1.807, 2.05) is 37.3 Å².